The first-order chi connectivity index (χ1) is 29.5. The van der Waals surface area contributed by atoms with Crippen LogP contribution in [0.5, 0.6) is 0 Å². The summed E-state index contributed by atoms with van der Waals surface area (Å²) in [5.74, 6) is -1.03. The van der Waals surface area contributed by atoms with Gasteiger partial charge < -0.3 is 14.2 Å². The number of rotatable bonds is 44. The van der Waals surface area contributed by atoms with E-state index < -0.39 is 12.1 Å². The van der Waals surface area contributed by atoms with Gasteiger partial charge in [-0.25, -0.2) is 0 Å². The number of ether oxygens (including phenoxy) is 3. The van der Waals surface area contributed by atoms with Crippen LogP contribution in [0.4, 0.5) is 0 Å². The van der Waals surface area contributed by atoms with Crippen molar-refractivity contribution in [2.45, 2.75) is 239 Å². The fourth-order valence-corrected chi connectivity index (χ4v) is 6.73. The van der Waals surface area contributed by atoms with Crippen LogP contribution in [0.3, 0.4) is 0 Å². The molecule has 0 aromatic carbocycles. The van der Waals surface area contributed by atoms with Gasteiger partial charge in [-0.05, 0) is 70.6 Å². The van der Waals surface area contributed by atoms with Gasteiger partial charge in [-0.15, -0.1) is 0 Å². The van der Waals surface area contributed by atoms with Gasteiger partial charge in [-0.3, -0.25) is 14.4 Å². The average Bonchev–Trinajstić information content (AvgIpc) is 3.24. The lowest BCUT2D eigenvalue weighted by Crippen LogP contribution is -2.30. The summed E-state index contributed by atoms with van der Waals surface area (Å²) >= 11 is 0. The highest BCUT2D eigenvalue weighted by atomic mass is 16.6. The van der Waals surface area contributed by atoms with Gasteiger partial charge >= 0.3 is 17.9 Å². The van der Waals surface area contributed by atoms with E-state index in [0.717, 1.165) is 64.2 Å². The Morgan fingerprint density at radius 1 is 0.350 bits per heavy atom. The molecule has 0 N–H and O–H groups in total. The second-order valence-corrected chi connectivity index (χ2v) is 16.3. The molecule has 344 valence electrons. The van der Waals surface area contributed by atoms with E-state index in [9.17, 15) is 14.4 Å². The number of allylic oxidation sites excluding steroid dienone is 12. The summed E-state index contributed by atoms with van der Waals surface area (Å²) in [6.45, 7) is 6.40. The minimum Gasteiger partial charge on any atom is -0.462 e. The molecule has 0 rings (SSSR count). The zero-order valence-corrected chi connectivity index (χ0v) is 39.2. The molecule has 6 nitrogen and oxygen atoms in total. The van der Waals surface area contributed by atoms with Crippen molar-refractivity contribution in [3.8, 4) is 0 Å². The van der Waals surface area contributed by atoms with Gasteiger partial charge in [-0.1, -0.05) is 216 Å². The number of carbonyl (C=O) groups excluding carboxylic acids is 3. The molecule has 0 saturated heterocycles. The fourth-order valence-electron chi connectivity index (χ4n) is 6.73. The first-order valence-corrected chi connectivity index (χ1v) is 24.9. The number of unbranched alkanes of at least 4 members (excludes halogenated alkanes) is 21. The summed E-state index contributed by atoms with van der Waals surface area (Å²) in [7, 11) is 0. The van der Waals surface area contributed by atoms with Crippen LogP contribution < -0.4 is 0 Å². The van der Waals surface area contributed by atoms with Crippen molar-refractivity contribution in [3.63, 3.8) is 0 Å². The highest BCUT2D eigenvalue weighted by Crippen LogP contribution is 2.15. The SMILES string of the molecule is CC/C=C\C/C=C\C/C=C\C/C=C\C/C=C\CCC(=O)OC(COC(=O)CCC/C=C\CCCCCC)COC(=O)CCCCCCCCCCCCCCCCCCC. The van der Waals surface area contributed by atoms with Crippen molar-refractivity contribution in [1.29, 1.82) is 0 Å². The summed E-state index contributed by atoms with van der Waals surface area (Å²) in [5, 5.41) is 0. The molecule has 0 aromatic rings. The summed E-state index contributed by atoms with van der Waals surface area (Å²) in [6, 6.07) is 0. The monoisotopic (exact) mass is 837 g/mol. The second kappa shape index (κ2) is 48.5. The van der Waals surface area contributed by atoms with Crippen LogP contribution in [0, 0.1) is 0 Å². The van der Waals surface area contributed by atoms with E-state index >= 15 is 0 Å². The maximum absolute atomic E-state index is 12.7. The standard InChI is InChI=1S/C54H92O6/c1-4-7-10-13-16-19-21-23-25-27-29-30-32-35-38-41-44-47-53(56)59-50-51(49-58-52(55)46-43-40-37-34-18-15-12-9-6-3)60-54(57)48-45-42-39-36-33-31-28-26-24-22-20-17-14-11-8-5-2/h8,11,17,20,24,26,31,33-34,37,39,42,51H,4-7,9-10,12-16,18-19,21-23,25,27-30,32,35-36,38,40-41,43-50H2,1-3H3/b11-8-,20-17-,26-24-,33-31-,37-34-,42-39-. The van der Waals surface area contributed by atoms with Crippen molar-refractivity contribution < 1.29 is 28.6 Å². The average molecular weight is 837 g/mol. The molecule has 1 unspecified atom stereocenters. The topological polar surface area (TPSA) is 78.9 Å². The Labute approximate surface area is 370 Å². The number of hydrogen-bond donors (Lipinski definition) is 0. The third kappa shape index (κ3) is 45.9. The molecular weight excluding hydrogens is 745 g/mol. The molecule has 0 aromatic heterocycles. The number of hydrogen-bond acceptors (Lipinski definition) is 6. The molecular formula is C54H92O6. The van der Waals surface area contributed by atoms with Crippen molar-refractivity contribution in [3.05, 3.63) is 72.9 Å². The zero-order valence-electron chi connectivity index (χ0n) is 39.2. The largest absolute Gasteiger partial charge is 0.462 e. The molecule has 0 spiro atoms. The van der Waals surface area contributed by atoms with Crippen LogP contribution in [0.1, 0.15) is 233 Å². The van der Waals surface area contributed by atoms with E-state index in [-0.39, 0.29) is 31.6 Å². The minimum atomic E-state index is -0.822. The Hall–Kier alpha value is -3.15. The van der Waals surface area contributed by atoms with Gasteiger partial charge in [0.25, 0.3) is 0 Å². The molecule has 0 aliphatic heterocycles. The van der Waals surface area contributed by atoms with E-state index in [0.29, 0.717) is 25.7 Å². The lowest BCUT2D eigenvalue weighted by Gasteiger charge is -2.18. The summed E-state index contributed by atoms with van der Waals surface area (Å²) in [5.41, 5.74) is 0. The normalized spacial score (nSPS) is 12.7. The number of carbonyl (C=O) groups is 3. The van der Waals surface area contributed by atoms with E-state index in [2.05, 4.69) is 81.5 Å². The van der Waals surface area contributed by atoms with Crippen LogP contribution in [-0.2, 0) is 28.6 Å². The van der Waals surface area contributed by atoms with Crippen molar-refractivity contribution in [2.24, 2.45) is 0 Å². The first kappa shape index (κ1) is 56.9. The van der Waals surface area contributed by atoms with Crippen LogP contribution in [0.25, 0.3) is 0 Å². The van der Waals surface area contributed by atoms with Gasteiger partial charge in [0.2, 0.25) is 0 Å². The lowest BCUT2D eigenvalue weighted by atomic mass is 10.0. The zero-order chi connectivity index (χ0) is 43.7. The summed E-state index contributed by atoms with van der Waals surface area (Å²) in [6.07, 6.45) is 60.6. The molecule has 0 heterocycles. The highest BCUT2D eigenvalue weighted by molar-refractivity contribution is 5.71. The molecule has 0 fully saturated rings. The predicted molar refractivity (Wildman–Crippen MR) is 256 cm³/mol. The van der Waals surface area contributed by atoms with E-state index in [1.165, 1.54) is 116 Å². The van der Waals surface area contributed by atoms with Crippen molar-refractivity contribution >= 4 is 17.9 Å². The Bertz CT molecular complexity index is 1140. The molecule has 0 saturated carbocycles. The Morgan fingerprint density at radius 2 is 0.700 bits per heavy atom. The molecule has 0 amide bonds. The first-order valence-electron chi connectivity index (χ1n) is 24.9. The quantitative estimate of drug-likeness (QED) is 0.0263. The Kier molecular flexibility index (Phi) is 46.0. The molecule has 6 heteroatoms. The van der Waals surface area contributed by atoms with Gasteiger partial charge in [0.1, 0.15) is 13.2 Å². The second-order valence-electron chi connectivity index (χ2n) is 16.3. The molecule has 60 heavy (non-hydrogen) atoms. The van der Waals surface area contributed by atoms with Crippen LogP contribution in [-0.4, -0.2) is 37.2 Å². The Balaban J connectivity index is 4.44. The van der Waals surface area contributed by atoms with Gasteiger partial charge in [0, 0.05) is 19.3 Å². The van der Waals surface area contributed by atoms with E-state index in [1.54, 1.807) is 0 Å². The van der Waals surface area contributed by atoms with Crippen molar-refractivity contribution in [1.82, 2.24) is 0 Å². The van der Waals surface area contributed by atoms with Crippen LogP contribution in [0.2, 0.25) is 0 Å². The van der Waals surface area contributed by atoms with Crippen molar-refractivity contribution in [2.75, 3.05) is 13.2 Å². The third-order valence-electron chi connectivity index (χ3n) is 10.5. The van der Waals surface area contributed by atoms with E-state index in [4.69, 9.17) is 14.2 Å². The molecule has 0 aliphatic rings. The van der Waals surface area contributed by atoms with E-state index in [1.807, 2.05) is 12.2 Å². The van der Waals surface area contributed by atoms with Crippen LogP contribution >= 0.6 is 0 Å². The van der Waals surface area contributed by atoms with Gasteiger partial charge in [0.05, 0.1) is 0 Å². The van der Waals surface area contributed by atoms with Gasteiger partial charge in [-0.2, -0.15) is 0 Å². The highest BCUT2D eigenvalue weighted by Gasteiger charge is 2.19. The summed E-state index contributed by atoms with van der Waals surface area (Å²) in [4.78, 5) is 37.8. The lowest BCUT2D eigenvalue weighted by molar-refractivity contribution is -0.166. The van der Waals surface area contributed by atoms with Gasteiger partial charge in [0.15, 0.2) is 6.10 Å². The smallest absolute Gasteiger partial charge is 0.306 e. The predicted octanol–water partition coefficient (Wildman–Crippen LogP) is 16.3. The molecule has 0 bridgehead atoms. The molecule has 0 radical (unpaired) electrons. The minimum absolute atomic E-state index is 0.112. The molecule has 0 aliphatic carbocycles. The number of esters is 3. The third-order valence-corrected chi connectivity index (χ3v) is 10.5. The fraction of sp³-hybridized carbons (Fsp3) is 0.722. The maximum Gasteiger partial charge on any atom is 0.306 e. The summed E-state index contributed by atoms with van der Waals surface area (Å²) < 4.78 is 16.6. The Morgan fingerprint density at radius 3 is 1.15 bits per heavy atom. The maximum atomic E-state index is 12.7. The van der Waals surface area contributed by atoms with Crippen LogP contribution in [0.15, 0.2) is 72.9 Å². The molecule has 1 atom stereocenters.